The molecule has 0 bridgehead atoms. The molecule has 1 heterocycles. The van der Waals surface area contributed by atoms with Crippen LogP contribution in [0.2, 0.25) is 0 Å². The van der Waals surface area contributed by atoms with E-state index in [1.54, 1.807) is 25.1 Å². The van der Waals surface area contributed by atoms with Gasteiger partial charge in [0, 0.05) is 12.1 Å². The fraction of sp³-hybridized carbons (Fsp3) is 0.471. The largest absolute Gasteiger partial charge is 0.479 e. The van der Waals surface area contributed by atoms with E-state index in [2.05, 4.69) is 5.32 Å². The van der Waals surface area contributed by atoms with E-state index in [0.29, 0.717) is 29.5 Å². The summed E-state index contributed by atoms with van der Waals surface area (Å²) in [6.45, 7) is 6.01. The number of amides is 2. The van der Waals surface area contributed by atoms with Crippen molar-refractivity contribution in [3.05, 3.63) is 23.8 Å². The molecular formula is C17H21ClN2O4. The molecule has 2 rings (SSSR count). The molecular weight excluding hydrogens is 332 g/mol. The predicted octanol–water partition coefficient (Wildman–Crippen LogP) is 1.99. The molecule has 0 spiro atoms. The van der Waals surface area contributed by atoms with Crippen LogP contribution < -0.4 is 15.0 Å². The summed E-state index contributed by atoms with van der Waals surface area (Å²) in [4.78, 5) is 37.7. The fourth-order valence-corrected chi connectivity index (χ4v) is 2.49. The number of halogens is 1. The first-order chi connectivity index (χ1) is 11.3. The number of ketones is 1. The quantitative estimate of drug-likeness (QED) is 0.627. The molecule has 1 unspecified atom stereocenters. The van der Waals surface area contributed by atoms with E-state index >= 15 is 0 Å². The summed E-state index contributed by atoms with van der Waals surface area (Å²) in [7, 11) is 0. The molecule has 0 radical (unpaired) electrons. The third-order valence-corrected chi connectivity index (χ3v) is 3.86. The van der Waals surface area contributed by atoms with Crippen LogP contribution in [0.15, 0.2) is 18.2 Å². The van der Waals surface area contributed by atoms with Gasteiger partial charge >= 0.3 is 0 Å². The molecule has 1 aromatic rings. The molecule has 1 aromatic carbocycles. The summed E-state index contributed by atoms with van der Waals surface area (Å²) in [5, 5.41) is 2.78. The van der Waals surface area contributed by atoms with Crippen molar-refractivity contribution in [2.45, 2.75) is 26.9 Å². The summed E-state index contributed by atoms with van der Waals surface area (Å²) in [5.74, 6) is -0.212. The number of anilines is 1. The van der Waals surface area contributed by atoms with Crippen LogP contribution in [0.25, 0.3) is 0 Å². The lowest BCUT2D eigenvalue weighted by Gasteiger charge is -2.32. The van der Waals surface area contributed by atoms with Crippen molar-refractivity contribution in [2.24, 2.45) is 5.92 Å². The van der Waals surface area contributed by atoms with Crippen LogP contribution in [0.3, 0.4) is 0 Å². The Kier molecular flexibility index (Phi) is 5.83. The molecule has 0 saturated heterocycles. The lowest BCUT2D eigenvalue weighted by atomic mass is 10.1. The third-order valence-electron chi connectivity index (χ3n) is 3.62. The topological polar surface area (TPSA) is 75.7 Å². The lowest BCUT2D eigenvalue weighted by Crippen LogP contribution is -2.49. The Bertz CT molecular complexity index is 660. The molecule has 0 aromatic heterocycles. The SMILES string of the molecule is CC(C)CNC(=O)CN1C(=O)C(C)Oc2ccc(C(=O)CCl)cc21. The number of hydrogen-bond acceptors (Lipinski definition) is 4. The van der Waals surface area contributed by atoms with E-state index in [9.17, 15) is 14.4 Å². The molecule has 6 nitrogen and oxygen atoms in total. The number of nitrogens with one attached hydrogen (secondary N) is 1. The van der Waals surface area contributed by atoms with Gasteiger partial charge in [-0.05, 0) is 31.0 Å². The number of benzene rings is 1. The molecule has 0 aliphatic carbocycles. The van der Waals surface area contributed by atoms with Gasteiger partial charge in [-0.3, -0.25) is 19.3 Å². The number of fused-ring (bicyclic) bond motifs is 1. The van der Waals surface area contributed by atoms with Crippen molar-refractivity contribution in [1.29, 1.82) is 0 Å². The first-order valence-corrected chi connectivity index (χ1v) is 8.35. The number of nitrogens with zero attached hydrogens (tertiary/aromatic N) is 1. The monoisotopic (exact) mass is 352 g/mol. The average molecular weight is 353 g/mol. The number of rotatable bonds is 6. The molecule has 0 saturated carbocycles. The van der Waals surface area contributed by atoms with Crippen molar-refractivity contribution in [1.82, 2.24) is 5.32 Å². The molecule has 1 N–H and O–H groups in total. The Labute approximate surface area is 146 Å². The second-order valence-electron chi connectivity index (χ2n) is 6.12. The van der Waals surface area contributed by atoms with Crippen LogP contribution in [-0.4, -0.2) is 42.7 Å². The number of Topliss-reactive ketones (excluding diaryl/α,β-unsaturated/α-hetero) is 1. The van der Waals surface area contributed by atoms with E-state index in [1.807, 2.05) is 13.8 Å². The van der Waals surface area contributed by atoms with Crippen LogP contribution >= 0.6 is 11.6 Å². The number of hydrogen-bond donors (Lipinski definition) is 1. The highest BCUT2D eigenvalue weighted by Gasteiger charge is 2.33. The Morgan fingerprint density at radius 2 is 2.08 bits per heavy atom. The van der Waals surface area contributed by atoms with E-state index in [0.717, 1.165) is 0 Å². The van der Waals surface area contributed by atoms with Crippen molar-refractivity contribution >= 4 is 34.9 Å². The number of ether oxygens (including phenoxy) is 1. The highest BCUT2D eigenvalue weighted by molar-refractivity contribution is 6.30. The second-order valence-corrected chi connectivity index (χ2v) is 6.39. The summed E-state index contributed by atoms with van der Waals surface area (Å²) in [6, 6.07) is 4.76. The zero-order valence-corrected chi connectivity index (χ0v) is 14.7. The summed E-state index contributed by atoms with van der Waals surface area (Å²) in [5.41, 5.74) is 0.788. The molecule has 1 aliphatic heterocycles. The summed E-state index contributed by atoms with van der Waals surface area (Å²) < 4.78 is 5.56. The van der Waals surface area contributed by atoms with Crippen molar-refractivity contribution < 1.29 is 19.1 Å². The van der Waals surface area contributed by atoms with Gasteiger partial charge in [0.25, 0.3) is 5.91 Å². The van der Waals surface area contributed by atoms with Crippen LogP contribution in [0.5, 0.6) is 5.75 Å². The Morgan fingerprint density at radius 1 is 1.38 bits per heavy atom. The first-order valence-electron chi connectivity index (χ1n) is 7.81. The Hall–Kier alpha value is -2.08. The van der Waals surface area contributed by atoms with Crippen LogP contribution in [-0.2, 0) is 9.59 Å². The van der Waals surface area contributed by atoms with Crippen LogP contribution in [0, 0.1) is 5.92 Å². The fourth-order valence-electron chi connectivity index (χ4n) is 2.34. The van der Waals surface area contributed by atoms with Crippen molar-refractivity contribution in [3.63, 3.8) is 0 Å². The molecule has 1 atom stereocenters. The van der Waals surface area contributed by atoms with Gasteiger partial charge in [-0.25, -0.2) is 0 Å². The molecule has 2 amide bonds. The van der Waals surface area contributed by atoms with Gasteiger partial charge in [-0.2, -0.15) is 0 Å². The standard InChI is InChI=1S/C17H21ClN2O4/c1-10(2)8-19-16(22)9-20-13-6-12(14(21)7-18)4-5-15(13)24-11(3)17(20)23/h4-6,10-11H,7-9H2,1-3H3,(H,19,22). The zero-order valence-electron chi connectivity index (χ0n) is 14.0. The number of alkyl halides is 1. The highest BCUT2D eigenvalue weighted by atomic mass is 35.5. The lowest BCUT2D eigenvalue weighted by molar-refractivity contribution is -0.128. The maximum Gasteiger partial charge on any atom is 0.268 e. The maximum atomic E-state index is 12.4. The molecule has 7 heteroatoms. The van der Waals surface area contributed by atoms with Gasteiger partial charge in [0.1, 0.15) is 12.3 Å². The average Bonchev–Trinajstić information content (AvgIpc) is 2.56. The van der Waals surface area contributed by atoms with Gasteiger partial charge in [0.2, 0.25) is 5.91 Å². The van der Waals surface area contributed by atoms with Crippen LogP contribution in [0.1, 0.15) is 31.1 Å². The number of carbonyl (C=O) groups is 3. The maximum absolute atomic E-state index is 12.4. The van der Waals surface area contributed by atoms with Crippen molar-refractivity contribution in [2.75, 3.05) is 23.9 Å². The second kappa shape index (κ2) is 7.66. The van der Waals surface area contributed by atoms with Crippen LogP contribution in [0.4, 0.5) is 5.69 Å². The Balaban J connectivity index is 2.28. The van der Waals surface area contributed by atoms with E-state index < -0.39 is 6.10 Å². The predicted molar refractivity (Wildman–Crippen MR) is 91.8 cm³/mol. The minimum absolute atomic E-state index is 0.120. The number of carbonyl (C=O) groups excluding carboxylic acids is 3. The van der Waals surface area contributed by atoms with E-state index in [-0.39, 0.29) is 30.0 Å². The molecule has 130 valence electrons. The summed E-state index contributed by atoms with van der Waals surface area (Å²) in [6.07, 6.45) is -0.690. The molecule has 24 heavy (non-hydrogen) atoms. The van der Waals surface area contributed by atoms with Gasteiger partial charge < -0.3 is 10.1 Å². The molecule has 1 aliphatic rings. The van der Waals surface area contributed by atoms with E-state index in [1.165, 1.54) is 4.90 Å². The summed E-state index contributed by atoms with van der Waals surface area (Å²) >= 11 is 5.59. The van der Waals surface area contributed by atoms with Gasteiger partial charge in [0.15, 0.2) is 11.9 Å². The minimum atomic E-state index is -0.690. The Morgan fingerprint density at radius 3 is 2.71 bits per heavy atom. The first kappa shape index (κ1) is 18.3. The zero-order chi connectivity index (χ0) is 17.9. The third kappa shape index (κ3) is 4.06. The normalized spacial score (nSPS) is 16.6. The van der Waals surface area contributed by atoms with Crippen molar-refractivity contribution in [3.8, 4) is 5.75 Å². The van der Waals surface area contributed by atoms with Gasteiger partial charge in [0.05, 0.1) is 11.6 Å². The van der Waals surface area contributed by atoms with Gasteiger partial charge in [-0.1, -0.05) is 13.8 Å². The highest BCUT2D eigenvalue weighted by Crippen LogP contribution is 2.35. The van der Waals surface area contributed by atoms with E-state index in [4.69, 9.17) is 16.3 Å². The smallest absolute Gasteiger partial charge is 0.268 e. The molecule has 0 fully saturated rings. The van der Waals surface area contributed by atoms with Gasteiger partial charge in [-0.15, -0.1) is 11.6 Å². The minimum Gasteiger partial charge on any atom is -0.479 e.